The van der Waals surface area contributed by atoms with Gasteiger partial charge in [0.25, 0.3) is 0 Å². The van der Waals surface area contributed by atoms with Gasteiger partial charge in [-0.1, -0.05) is 6.58 Å². The lowest BCUT2D eigenvalue weighted by Gasteiger charge is -2.37. The first kappa shape index (κ1) is 13.2. The lowest BCUT2D eigenvalue weighted by Crippen LogP contribution is -2.39. The zero-order chi connectivity index (χ0) is 12.3. The Morgan fingerprint density at radius 3 is 2.25 bits per heavy atom. The SMILES string of the molecule is C=C(C)C(=O)OC(C)(C)C1CCC(O)CC1. The minimum absolute atomic E-state index is 0.177. The van der Waals surface area contributed by atoms with Crippen LogP contribution in [0.4, 0.5) is 0 Å². The summed E-state index contributed by atoms with van der Waals surface area (Å²) in [5.41, 5.74) is -0.0279. The second-order valence-corrected chi connectivity index (χ2v) is 5.28. The molecule has 1 aliphatic carbocycles. The van der Waals surface area contributed by atoms with Crippen molar-refractivity contribution in [3.8, 4) is 0 Å². The fraction of sp³-hybridized carbons (Fsp3) is 0.769. The van der Waals surface area contributed by atoms with Gasteiger partial charge in [0.2, 0.25) is 0 Å². The number of ether oxygens (including phenoxy) is 1. The van der Waals surface area contributed by atoms with Crippen LogP contribution in [0, 0.1) is 5.92 Å². The molecule has 0 heterocycles. The maximum atomic E-state index is 11.5. The first-order chi connectivity index (χ1) is 7.33. The zero-order valence-corrected chi connectivity index (χ0v) is 10.5. The molecule has 92 valence electrons. The molecule has 1 saturated carbocycles. The van der Waals surface area contributed by atoms with Crippen LogP contribution in [0.5, 0.6) is 0 Å². The van der Waals surface area contributed by atoms with Crippen molar-refractivity contribution in [2.24, 2.45) is 5.92 Å². The van der Waals surface area contributed by atoms with Gasteiger partial charge in [-0.25, -0.2) is 4.79 Å². The molecular weight excluding hydrogens is 204 g/mol. The smallest absolute Gasteiger partial charge is 0.333 e. The Hall–Kier alpha value is -0.830. The first-order valence-corrected chi connectivity index (χ1v) is 5.90. The minimum atomic E-state index is -0.462. The highest BCUT2D eigenvalue weighted by Gasteiger charge is 2.35. The van der Waals surface area contributed by atoms with Crippen LogP contribution in [-0.4, -0.2) is 22.8 Å². The van der Waals surface area contributed by atoms with E-state index in [1.54, 1.807) is 6.92 Å². The third-order valence-corrected chi connectivity index (χ3v) is 3.38. The van der Waals surface area contributed by atoms with E-state index < -0.39 is 5.60 Å². The Kier molecular flexibility index (Phi) is 4.14. The van der Waals surface area contributed by atoms with Gasteiger partial charge in [0, 0.05) is 5.57 Å². The monoisotopic (exact) mass is 226 g/mol. The van der Waals surface area contributed by atoms with Crippen LogP contribution >= 0.6 is 0 Å². The van der Waals surface area contributed by atoms with Gasteiger partial charge in [0.15, 0.2) is 0 Å². The Bertz CT molecular complexity index is 273. The van der Waals surface area contributed by atoms with Crippen molar-refractivity contribution in [2.75, 3.05) is 0 Å². The Balaban J connectivity index is 2.56. The van der Waals surface area contributed by atoms with E-state index in [0.29, 0.717) is 11.5 Å². The summed E-state index contributed by atoms with van der Waals surface area (Å²) < 4.78 is 5.45. The molecule has 3 heteroatoms. The van der Waals surface area contributed by atoms with Crippen LogP contribution in [0.3, 0.4) is 0 Å². The van der Waals surface area contributed by atoms with Crippen molar-refractivity contribution >= 4 is 5.97 Å². The molecule has 0 unspecified atom stereocenters. The van der Waals surface area contributed by atoms with Gasteiger partial charge < -0.3 is 9.84 Å². The predicted molar refractivity (Wildman–Crippen MR) is 62.9 cm³/mol. The van der Waals surface area contributed by atoms with Crippen molar-refractivity contribution in [2.45, 2.75) is 58.2 Å². The zero-order valence-electron chi connectivity index (χ0n) is 10.5. The van der Waals surface area contributed by atoms with E-state index in [0.717, 1.165) is 25.7 Å². The second-order valence-electron chi connectivity index (χ2n) is 5.28. The summed E-state index contributed by atoms with van der Waals surface area (Å²) in [6, 6.07) is 0. The van der Waals surface area contributed by atoms with Gasteiger partial charge in [-0.3, -0.25) is 0 Å². The maximum absolute atomic E-state index is 11.5. The molecule has 0 aromatic heterocycles. The maximum Gasteiger partial charge on any atom is 0.333 e. The minimum Gasteiger partial charge on any atom is -0.456 e. The number of hydrogen-bond acceptors (Lipinski definition) is 3. The normalized spacial score (nSPS) is 26.2. The molecule has 1 aliphatic rings. The number of carbonyl (C=O) groups excluding carboxylic acids is 1. The number of aliphatic hydroxyl groups is 1. The van der Waals surface area contributed by atoms with Crippen molar-refractivity contribution in [1.82, 2.24) is 0 Å². The quantitative estimate of drug-likeness (QED) is 0.594. The van der Waals surface area contributed by atoms with Crippen LogP contribution in [0.2, 0.25) is 0 Å². The molecule has 0 radical (unpaired) electrons. The summed E-state index contributed by atoms with van der Waals surface area (Å²) in [6.07, 6.45) is 3.26. The number of rotatable bonds is 3. The van der Waals surface area contributed by atoms with E-state index >= 15 is 0 Å². The highest BCUT2D eigenvalue weighted by molar-refractivity contribution is 5.87. The predicted octanol–water partition coefficient (Wildman–Crippen LogP) is 2.44. The van der Waals surface area contributed by atoms with Gasteiger partial charge in [-0.15, -0.1) is 0 Å². The summed E-state index contributed by atoms with van der Waals surface area (Å²) in [5.74, 6) is 0.00956. The summed E-state index contributed by atoms with van der Waals surface area (Å²) in [6.45, 7) is 9.12. The van der Waals surface area contributed by atoms with Crippen molar-refractivity contribution in [3.05, 3.63) is 12.2 Å². The van der Waals surface area contributed by atoms with E-state index in [1.807, 2.05) is 13.8 Å². The van der Waals surface area contributed by atoms with E-state index in [-0.39, 0.29) is 12.1 Å². The van der Waals surface area contributed by atoms with E-state index in [1.165, 1.54) is 0 Å². The first-order valence-electron chi connectivity index (χ1n) is 5.90. The third kappa shape index (κ3) is 3.34. The molecule has 0 amide bonds. The van der Waals surface area contributed by atoms with Crippen LogP contribution in [0.25, 0.3) is 0 Å². The average Bonchev–Trinajstić information content (AvgIpc) is 2.17. The lowest BCUT2D eigenvalue weighted by atomic mass is 9.78. The molecule has 1 fully saturated rings. The molecule has 0 aliphatic heterocycles. The Labute approximate surface area is 97.5 Å². The number of hydrogen-bond donors (Lipinski definition) is 1. The number of carbonyl (C=O) groups is 1. The fourth-order valence-corrected chi connectivity index (χ4v) is 2.18. The summed E-state index contributed by atoms with van der Waals surface area (Å²) in [5, 5.41) is 9.44. The summed E-state index contributed by atoms with van der Waals surface area (Å²) >= 11 is 0. The molecule has 0 bridgehead atoms. The largest absolute Gasteiger partial charge is 0.456 e. The topological polar surface area (TPSA) is 46.5 Å². The van der Waals surface area contributed by atoms with Crippen LogP contribution in [0.1, 0.15) is 46.5 Å². The van der Waals surface area contributed by atoms with Gasteiger partial charge in [-0.2, -0.15) is 0 Å². The van der Waals surface area contributed by atoms with Gasteiger partial charge in [0.05, 0.1) is 6.10 Å². The second kappa shape index (κ2) is 5.00. The van der Waals surface area contributed by atoms with Crippen LogP contribution in [-0.2, 0) is 9.53 Å². The number of esters is 1. The summed E-state index contributed by atoms with van der Waals surface area (Å²) in [7, 11) is 0. The molecule has 0 saturated heterocycles. The Morgan fingerprint density at radius 2 is 1.81 bits per heavy atom. The van der Waals surface area contributed by atoms with Gasteiger partial charge in [-0.05, 0) is 52.4 Å². The van der Waals surface area contributed by atoms with E-state index in [2.05, 4.69) is 6.58 Å². The molecular formula is C13H22O3. The third-order valence-electron chi connectivity index (χ3n) is 3.38. The van der Waals surface area contributed by atoms with E-state index in [9.17, 15) is 9.90 Å². The van der Waals surface area contributed by atoms with Crippen LogP contribution < -0.4 is 0 Å². The molecule has 1 rings (SSSR count). The Morgan fingerprint density at radius 1 is 1.31 bits per heavy atom. The highest BCUT2D eigenvalue weighted by Crippen LogP contribution is 2.35. The van der Waals surface area contributed by atoms with Crippen molar-refractivity contribution < 1.29 is 14.6 Å². The van der Waals surface area contributed by atoms with Crippen LogP contribution in [0.15, 0.2) is 12.2 Å². The van der Waals surface area contributed by atoms with Crippen molar-refractivity contribution in [1.29, 1.82) is 0 Å². The highest BCUT2D eigenvalue weighted by atomic mass is 16.6. The molecule has 0 atom stereocenters. The molecule has 3 nitrogen and oxygen atoms in total. The lowest BCUT2D eigenvalue weighted by molar-refractivity contribution is -0.158. The average molecular weight is 226 g/mol. The van der Waals surface area contributed by atoms with Gasteiger partial charge in [0.1, 0.15) is 5.60 Å². The molecule has 0 spiro atoms. The fourth-order valence-electron chi connectivity index (χ4n) is 2.18. The molecule has 0 aromatic rings. The number of aliphatic hydroxyl groups excluding tert-OH is 1. The van der Waals surface area contributed by atoms with Crippen molar-refractivity contribution in [3.63, 3.8) is 0 Å². The molecule has 0 aromatic carbocycles. The molecule has 16 heavy (non-hydrogen) atoms. The van der Waals surface area contributed by atoms with Gasteiger partial charge >= 0.3 is 5.97 Å². The van der Waals surface area contributed by atoms with E-state index in [4.69, 9.17) is 4.74 Å². The summed E-state index contributed by atoms with van der Waals surface area (Å²) in [4.78, 5) is 11.5. The standard InChI is InChI=1S/C13H22O3/c1-9(2)12(15)16-13(3,4)10-5-7-11(14)8-6-10/h10-11,14H,1,5-8H2,2-4H3. The molecule has 1 N–H and O–H groups in total.